The van der Waals surface area contributed by atoms with Gasteiger partial charge in [0.25, 0.3) is 5.91 Å². The van der Waals surface area contributed by atoms with E-state index in [4.69, 9.17) is 14.5 Å². The SMILES string of the molecule is Cc1ccc(OCCn2c(CCCCCNC(=O)COc3cc(C)ccc3C)nc3ccccc32)c(C)c1. The second kappa shape index (κ2) is 13.1. The van der Waals surface area contributed by atoms with Crippen LogP contribution in [0.15, 0.2) is 60.7 Å². The van der Waals surface area contributed by atoms with Gasteiger partial charge in [-0.2, -0.15) is 0 Å². The summed E-state index contributed by atoms with van der Waals surface area (Å²) in [6.07, 6.45) is 3.84. The number of hydrogen-bond acceptors (Lipinski definition) is 4. The highest BCUT2D eigenvalue weighted by Gasteiger charge is 2.11. The number of rotatable bonds is 13. The maximum atomic E-state index is 12.2. The Morgan fingerprint density at radius 1 is 0.842 bits per heavy atom. The molecule has 1 aromatic heterocycles. The molecule has 0 aliphatic carbocycles. The van der Waals surface area contributed by atoms with Crippen LogP contribution < -0.4 is 14.8 Å². The molecule has 4 rings (SSSR count). The first-order valence-corrected chi connectivity index (χ1v) is 13.5. The van der Waals surface area contributed by atoms with Crippen LogP contribution in [0.3, 0.4) is 0 Å². The summed E-state index contributed by atoms with van der Waals surface area (Å²) in [5.74, 6) is 2.70. The summed E-state index contributed by atoms with van der Waals surface area (Å²) in [6, 6.07) is 20.6. The number of nitrogens with one attached hydrogen (secondary N) is 1. The van der Waals surface area contributed by atoms with Gasteiger partial charge in [-0.3, -0.25) is 4.79 Å². The highest BCUT2D eigenvalue weighted by molar-refractivity contribution is 5.77. The Hall–Kier alpha value is -3.80. The van der Waals surface area contributed by atoms with Crippen LogP contribution in [0.5, 0.6) is 11.5 Å². The van der Waals surface area contributed by atoms with E-state index in [0.717, 1.165) is 77.3 Å². The Balaban J connectivity index is 1.22. The lowest BCUT2D eigenvalue weighted by Gasteiger charge is -2.13. The van der Waals surface area contributed by atoms with E-state index in [1.54, 1.807) is 0 Å². The van der Waals surface area contributed by atoms with Crippen LogP contribution in [-0.4, -0.2) is 35.2 Å². The predicted octanol–water partition coefficient (Wildman–Crippen LogP) is 6.26. The molecule has 1 amide bonds. The van der Waals surface area contributed by atoms with Crippen molar-refractivity contribution < 1.29 is 14.3 Å². The van der Waals surface area contributed by atoms with Crippen LogP contribution in [0.25, 0.3) is 11.0 Å². The van der Waals surface area contributed by atoms with Crippen LogP contribution in [0.1, 0.15) is 47.3 Å². The molecular formula is C32H39N3O3. The number of para-hydroxylation sites is 2. The number of carbonyl (C=O) groups is 1. The van der Waals surface area contributed by atoms with Gasteiger partial charge < -0.3 is 19.4 Å². The van der Waals surface area contributed by atoms with Crippen molar-refractivity contribution in [2.45, 2.75) is 59.9 Å². The largest absolute Gasteiger partial charge is 0.491 e. The van der Waals surface area contributed by atoms with E-state index >= 15 is 0 Å². The molecule has 0 spiro atoms. The molecule has 38 heavy (non-hydrogen) atoms. The molecule has 0 aliphatic rings. The fraction of sp³-hybridized carbons (Fsp3) is 0.375. The van der Waals surface area contributed by atoms with E-state index < -0.39 is 0 Å². The van der Waals surface area contributed by atoms with E-state index in [2.05, 4.69) is 54.1 Å². The van der Waals surface area contributed by atoms with Gasteiger partial charge in [0.15, 0.2) is 6.61 Å². The average Bonchev–Trinajstić information content (AvgIpc) is 3.25. The summed E-state index contributed by atoms with van der Waals surface area (Å²) < 4.78 is 14.1. The first kappa shape index (κ1) is 27.2. The van der Waals surface area contributed by atoms with Crippen molar-refractivity contribution in [2.24, 2.45) is 0 Å². The number of fused-ring (bicyclic) bond motifs is 1. The quantitative estimate of drug-likeness (QED) is 0.214. The van der Waals surface area contributed by atoms with E-state index in [-0.39, 0.29) is 12.5 Å². The van der Waals surface area contributed by atoms with Gasteiger partial charge in [-0.25, -0.2) is 4.98 Å². The van der Waals surface area contributed by atoms with E-state index in [1.165, 1.54) is 5.56 Å². The van der Waals surface area contributed by atoms with Crippen molar-refractivity contribution in [1.29, 1.82) is 0 Å². The van der Waals surface area contributed by atoms with Crippen LogP contribution in [0.2, 0.25) is 0 Å². The molecule has 0 bridgehead atoms. The topological polar surface area (TPSA) is 65.4 Å². The van der Waals surface area contributed by atoms with Gasteiger partial charge in [-0.1, -0.05) is 48.4 Å². The number of aromatic nitrogens is 2. The van der Waals surface area contributed by atoms with Crippen LogP contribution >= 0.6 is 0 Å². The molecule has 1 heterocycles. The molecule has 0 saturated carbocycles. The molecule has 6 nitrogen and oxygen atoms in total. The summed E-state index contributed by atoms with van der Waals surface area (Å²) >= 11 is 0. The molecule has 4 aromatic rings. The summed E-state index contributed by atoms with van der Waals surface area (Å²) in [5.41, 5.74) is 6.71. The number of aryl methyl sites for hydroxylation is 5. The molecule has 0 radical (unpaired) electrons. The Morgan fingerprint density at radius 3 is 2.47 bits per heavy atom. The third-order valence-electron chi connectivity index (χ3n) is 6.74. The molecule has 0 unspecified atom stereocenters. The van der Waals surface area contributed by atoms with Crippen molar-refractivity contribution in [3.8, 4) is 11.5 Å². The summed E-state index contributed by atoms with van der Waals surface area (Å²) in [5, 5.41) is 2.97. The standard InChI is InChI=1S/C32H39N3O3/c1-23-14-16-29(26(4)20-23)37-19-18-35-28-11-8-7-10-27(28)34-31(35)12-6-5-9-17-33-32(36)22-38-30-21-24(2)13-15-25(30)3/h7-8,10-11,13-16,20-21H,5-6,9,12,17-19,22H2,1-4H3,(H,33,36). The maximum Gasteiger partial charge on any atom is 0.257 e. The van der Waals surface area contributed by atoms with E-state index in [1.807, 2.05) is 44.2 Å². The van der Waals surface area contributed by atoms with Crippen molar-refractivity contribution in [1.82, 2.24) is 14.9 Å². The van der Waals surface area contributed by atoms with Crippen LogP contribution in [0.4, 0.5) is 0 Å². The predicted molar refractivity (Wildman–Crippen MR) is 153 cm³/mol. The minimum Gasteiger partial charge on any atom is -0.491 e. The van der Waals surface area contributed by atoms with Crippen LogP contribution in [-0.2, 0) is 17.8 Å². The molecule has 6 heteroatoms. The fourth-order valence-electron chi connectivity index (χ4n) is 4.64. The number of hydrogen-bond donors (Lipinski definition) is 1. The molecular weight excluding hydrogens is 474 g/mol. The minimum absolute atomic E-state index is 0.0402. The fourth-order valence-corrected chi connectivity index (χ4v) is 4.64. The molecule has 0 fully saturated rings. The normalized spacial score (nSPS) is 11.1. The smallest absolute Gasteiger partial charge is 0.257 e. The third-order valence-corrected chi connectivity index (χ3v) is 6.74. The zero-order valence-electron chi connectivity index (χ0n) is 23.0. The van der Waals surface area contributed by atoms with E-state index in [0.29, 0.717) is 13.2 Å². The Bertz CT molecular complexity index is 1380. The monoisotopic (exact) mass is 513 g/mol. The average molecular weight is 514 g/mol. The number of unbranched alkanes of at least 4 members (excludes halogenated alkanes) is 2. The Kier molecular flexibility index (Phi) is 9.41. The number of amides is 1. The van der Waals surface area contributed by atoms with Crippen molar-refractivity contribution in [3.63, 3.8) is 0 Å². The Labute approximate surface area is 226 Å². The van der Waals surface area contributed by atoms with Gasteiger partial charge in [-0.05, 0) is 81.5 Å². The second-order valence-electron chi connectivity index (χ2n) is 10.0. The number of ether oxygens (including phenoxy) is 2. The van der Waals surface area contributed by atoms with Gasteiger partial charge in [0.1, 0.15) is 23.9 Å². The minimum atomic E-state index is -0.0866. The zero-order chi connectivity index (χ0) is 26.9. The maximum absolute atomic E-state index is 12.2. The highest BCUT2D eigenvalue weighted by Crippen LogP contribution is 2.21. The first-order valence-electron chi connectivity index (χ1n) is 13.5. The molecule has 0 atom stereocenters. The van der Waals surface area contributed by atoms with Gasteiger partial charge in [0.2, 0.25) is 0 Å². The van der Waals surface area contributed by atoms with Gasteiger partial charge in [0, 0.05) is 13.0 Å². The molecule has 0 saturated heterocycles. The second-order valence-corrected chi connectivity index (χ2v) is 10.0. The van der Waals surface area contributed by atoms with Gasteiger partial charge in [0.05, 0.1) is 17.6 Å². The van der Waals surface area contributed by atoms with Crippen molar-refractivity contribution in [3.05, 3.63) is 88.7 Å². The zero-order valence-corrected chi connectivity index (χ0v) is 23.0. The molecule has 3 aromatic carbocycles. The number of carbonyl (C=O) groups excluding carboxylic acids is 1. The lowest BCUT2D eigenvalue weighted by Crippen LogP contribution is -2.29. The van der Waals surface area contributed by atoms with Crippen molar-refractivity contribution in [2.75, 3.05) is 19.8 Å². The first-order chi connectivity index (χ1) is 18.4. The summed E-state index contributed by atoms with van der Waals surface area (Å²) in [7, 11) is 0. The number of imidazole rings is 1. The lowest BCUT2D eigenvalue weighted by molar-refractivity contribution is -0.123. The lowest BCUT2D eigenvalue weighted by atomic mass is 10.1. The molecule has 0 aliphatic heterocycles. The highest BCUT2D eigenvalue weighted by atomic mass is 16.5. The summed E-state index contributed by atoms with van der Waals surface area (Å²) in [4.78, 5) is 17.1. The number of nitrogens with zero attached hydrogens (tertiary/aromatic N) is 2. The van der Waals surface area contributed by atoms with Crippen LogP contribution in [0, 0.1) is 27.7 Å². The van der Waals surface area contributed by atoms with E-state index in [9.17, 15) is 4.79 Å². The summed E-state index contributed by atoms with van der Waals surface area (Å²) in [6.45, 7) is 10.2. The number of benzene rings is 3. The third kappa shape index (κ3) is 7.37. The van der Waals surface area contributed by atoms with Gasteiger partial charge >= 0.3 is 0 Å². The Morgan fingerprint density at radius 2 is 1.63 bits per heavy atom. The van der Waals surface area contributed by atoms with Gasteiger partial charge in [-0.15, -0.1) is 0 Å². The molecule has 1 N–H and O–H groups in total. The molecule has 200 valence electrons. The van der Waals surface area contributed by atoms with Crippen molar-refractivity contribution >= 4 is 16.9 Å².